The molecule has 0 radical (unpaired) electrons. The van der Waals surface area contributed by atoms with E-state index in [0.717, 1.165) is 5.56 Å². The van der Waals surface area contributed by atoms with Crippen LogP contribution in [0.5, 0.6) is 5.75 Å². The van der Waals surface area contributed by atoms with E-state index in [2.05, 4.69) is 14.9 Å². The highest BCUT2D eigenvalue weighted by molar-refractivity contribution is 5.89. The number of nitrogens with zero attached hydrogens (tertiary/aromatic N) is 2. The molecule has 2 aromatic carbocycles. The molecule has 3 aromatic rings. The number of rotatable bonds is 5. The minimum absolute atomic E-state index is 0.150. The molecule has 0 N–H and O–H groups in total. The summed E-state index contributed by atoms with van der Waals surface area (Å²) in [4.78, 5) is 15.6. The molecule has 23 heavy (non-hydrogen) atoms. The van der Waals surface area contributed by atoms with Gasteiger partial charge in [0.15, 0.2) is 6.61 Å². The summed E-state index contributed by atoms with van der Waals surface area (Å²) in [7, 11) is 1.34. The number of methoxy groups -OCH3 is 1. The number of hydrogen-bond acceptors (Lipinski definition) is 6. The SMILES string of the molecule is COC(=O)c1ccc(OCc2nc(-c3ccccc3)no2)cc1. The second-order valence-corrected chi connectivity index (χ2v) is 4.68. The standard InChI is InChI=1S/C17H14N2O4/c1-21-17(20)13-7-9-14(10-8-13)22-11-15-18-16(19-23-15)12-5-3-2-4-6-12/h2-10H,11H2,1H3. The molecule has 0 aliphatic carbocycles. The molecule has 116 valence electrons. The number of esters is 1. The van der Waals surface area contributed by atoms with E-state index in [-0.39, 0.29) is 12.6 Å². The van der Waals surface area contributed by atoms with E-state index in [1.807, 2.05) is 30.3 Å². The topological polar surface area (TPSA) is 74.5 Å². The first-order valence-corrected chi connectivity index (χ1v) is 6.95. The van der Waals surface area contributed by atoms with Gasteiger partial charge in [0.25, 0.3) is 5.89 Å². The van der Waals surface area contributed by atoms with E-state index < -0.39 is 0 Å². The maximum atomic E-state index is 11.3. The van der Waals surface area contributed by atoms with Crippen molar-refractivity contribution in [1.29, 1.82) is 0 Å². The van der Waals surface area contributed by atoms with Crippen LogP contribution in [0.4, 0.5) is 0 Å². The Balaban J connectivity index is 1.63. The first-order chi connectivity index (χ1) is 11.3. The van der Waals surface area contributed by atoms with E-state index in [0.29, 0.717) is 23.0 Å². The van der Waals surface area contributed by atoms with Crippen LogP contribution >= 0.6 is 0 Å². The molecule has 0 spiro atoms. The number of aromatic nitrogens is 2. The Labute approximate surface area is 132 Å². The minimum atomic E-state index is -0.388. The Kier molecular flexibility index (Phi) is 4.33. The zero-order valence-electron chi connectivity index (χ0n) is 12.4. The van der Waals surface area contributed by atoms with E-state index >= 15 is 0 Å². The third kappa shape index (κ3) is 3.55. The molecule has 0 saturated heterocycles. The molecule has 3 rings (SSSR count). The van der Waals surface area contributed by atoms with Crippen molar-refractivity contribution in [3.63, 3.8) is 0 Å². The molecule has 0 amide bonds. The van der Waals surface area contributed by atoms with Gasteiger partial charge in [-0.3, -0.25) is 0 Å². The molecule has 0 fully saturated rings. The van der Waals surface area contributed by atoms with Crippen LogP contribution in [0, 0.1) is 0 Å². The summed E-state index contributed by atoms with van der Waals surface area (Å²) in [5.74, 6) is 1.10. The van der Waals surface area contributed by atoms with Gasteiger partial charge in [0.05, 0.1) is 12.7 Å². The third-order valence-electron chi connectivity index (χ3n) is 3.14. The summed E-state index contributed by atoms with van der Waals surface area (Å²) < 4.78 is 15.4. The molecule has 1 aromatic heterocycles. The van der Waals surface area contributed by atoms with Crippen LogP contribution in [-0.2, 0) is 11.3 Å². The fourth-order valence-corrected chi connectivity index (χ4v) is 1.97. The van der Waals surface area contributed by atoms with Crippen LogP contribution in [0.1, 0.15) is 16.2 Å². The molecule has 0 atom stereocenters. The summed E-state index contributed by atoms with van der Waals surface area (Å²) >= 11 is 0. The Bertz CT molecular complexity index is 782. The van der Waals surface area contributed by atoms with Gasteiger partial charge in [0, 0.05) is 5.56 Å². The van der Waals surface area contributed by atoms with Crippen LogP contribution < -0.4 is 4.74 Å². The molecule has 0 aliphatic rings. The van der Waals surface area contributed by atoms with Gasteiger partial charge in [-0.05, 0) is 24.3 Å². The smallest absolute Gasteiger partial charge is 0.337 e. The lowest BCUT2D eigenvalue weighted by Crippen LogP contribution is -2.01. The highest BCUT2D eigenvalue weighted by atomic mass is 16.5. The molecule has 0 saturated carbocycles. The quantitative estimate of drug-likeness (QED) is 0.674. The Morgan fingerprint density at radius 1 is 1.09 bits per heavy atom. The highest BCUT2D eigenvalue weighted by Crippen LogP contribution is 2.17. The van der Waals surface area contributed by atoms with Crippen LogP contribution in [0.25, 0.3) is 11.4 Å². The normalized spacial score (nSPS) is 10.3. The van der Waals surface area contributed by atoms with E-state index in [1.54, 1.807) is 24.3 Å². The summed E-state index contributed by atoms with van der Waals surface area (Å²) in [6, 6.07) is 16.2. The van der Waals surface area contributed by atoms with Crippen molar-refractivity contribution in [2.45, 2.75) is 6.61 Å². The molecular formula is C17H14N2O4. The lowest BCUT2D eigenvalue weighted by atomic mass is 10.2. The van der Waals surface area contributed by atoms with Crippen molar-refractivity contribution < 1.29 is 18.8 Å². The van der Waals surface area contributed by atoms with Crippen molar-refractivity contribution in [3.05, 3.63) is 66.1 Å². The average molecular weight is 310 g/mol. The minimum Gasteiger partial charge on any atom is -0.484 e. The molecule has 0 bridgehead atoms. The van der Waals surface area contributed by atoms with E-state index in [1.165, 1.54) is 7.11 Å². The van der Waals surface area contributed by atoms with Gasteiger partial charge in [0.2, 0.25) is 5.82 Å². The number of ether oxygens (including phenoxy) is 2. The lowest BCUT2D eigenvalue weighted by molar-refractivity contribution is 0.0600. The van der Waals surface area contributed by atoms with Gasteiger partial charge in [-0.2, -0.15) is 4.98 Å². The van der Waals surface area contributed by atoms with Crippen LogP contribution in [0.2, 0.25) is 0 Å². The Hall–Kier alpha value is -3.15. The van der Waals surface area contributed by atoms with Gasteiger partial charge in [-0.1, -0.05) is 35.5 Å². The lowest BCUT2D eigenvalue weighted by Gasteiger charge is -2.04. The summed E-state index contributed by atoms with van der Waals surface area (Å²) in [6.07, 6.45) is 0. The summed E-state index contributed by atoms with van der Waals surface area (Å²) in [5.41, 5.74) is 1.34. The van der Waals surface area contributed by atoms with Gasteiger partial charge in [-0.25, -0.2) is 4.79 Å². The van der Waals surface area contributed by atoms with Crippen molar-refractivity contribution in [3.8, 4) is 17.1 Å². The maximum Gasteiger partial charge on any atom is 0.337 e. The molecule has 6 heteroatoms. The summed E-state index contributed by atoms with van der Waals surface area (Å²) in [5, 5.41) is 3.92. The van der Waals surface area contributed by atoms with Crippen molar-refractivity contribution >= 4 is 5.97 Å². The monoisotopic (exact) mass is 310 g/mol. The molecule has 0 unspecified atom stereocenters. The van der Waals surface area contributed by atoms with Crippen molar-refractivity contribution in [1.82, 2.24) is 10.1 Å². The van der Waals surface area contributed by atoms with E-state index in [9.17, 15) is 4.79 Å². The molecule has 0 aliphatic heterocycles. The zero-order chi connectivity index (χ0) is 16.1. The Morgan fingerprint density at radius 3 is 2.52 bits per heavy atom. The fourth-order valence-electron chi connectivity index (χ4n) is 1.97. The van der Waals surface area contributed by atoms with Gasteiger partial charge >= 0.3 is 5.97 Å². The first kappa shape index (κ1) is 14.8. The second kappa shape index (κ2) is 6.74. The van der Waals surface area contributed by atoms with Crippen LogP contribution in [0.3, 0.4) is 0 Å². The predicted molar refractivity (Wildman–Crippen MR) is 81.8 cm³/mol. The fraction of sp³-hybridized carbons (Fsp3) is 0.118. The van der Waals surface area contributed by atoms with Gasteiger partial charge < -0.3 is 14.0 Å². The van der Waals surface area contributed by atoms with Gasteiger partial charge in [0.1, 0.15) is 5.75 Å². The number of benzene rings is 2. The Morgan fingerprint density at radius 2 is 1.83 bits per heavy atom. The zero-order valence-corrected chi connectivity index (χ0v) is 12.4. The van der Waals surface area contributed by atoms with Crippen LogP contribution in [-0.4, -0.2) is 23.2 Å². The third-order valence-corrected chi connectivity index (χ3v) is 3.14. The highest BCUT2D eigenvalue weighted by Gasteiger charge is 2.09. The number of hydrogen-bond donors (Lipinski definition) is 0. The van der Waals surface area contributed by atoms with Crippen molar-refractivity contribution in [2.24, 2.45) is 0 Å². The van der Waals surface area contributed by atoms with Crippen molar-refractivity contribution in [2.75, 3.05) is 7.11 Å². The first-order valence-electron chi connectivity index (χ1n) is 6.95. The van der Waals surface area contributed by atoms with Crippen LogP contribution in [0.15, 0.2) is 59.1 Å². The predicted octanol–water partition coefficient (Wildman–Crippen LogP) is 3.10. The largest absolute Gasteiger partial charge is 0.484 e. The maximum absolute atomic E-state index is 11.3. The molecule has 1 heterocycles. The number of carbonyl (C=O) groups excluding carboxylic acids is 1. The second-order valence-electron chi connectivity index (χ2n) is 4.68. The van der Waals surface area contributed by atoms with E-state index in [4.69, 9.17) is 9.26 Å². The summed E-state index contributed by atoms with van der Waals surface area (Å²) in [6.45, 7) is 0.150. The average Bonchev–Trinajstić information content (AvgIpc) is 3.09. The number of carbonyl (C=O) groups is 1. The van der Waals surface area contributed by atoms with Gasteiger partial charge in [-0.15, -0.1) is 0 Å². The molecule has 6 nitrogen and oxygen atoms in total. The molecular weight excluding hydrogens is 296 g/mol.